The van der Waals surface area contributed by atoms with Crippen LogP contribution in [0.15, 0.2) is 18.2 Å². The molecule has 2 atom stereocenters. The maximum Gasteiger partial charge on any atom is 0.0499 e. The first-order chi connectivity index (χ1) is 9.70. The number of nitrogens with two attached hydrogens (primary N) is 1. The second-order valence-electron chi connectivity index (χ2n) is 6.29. The number of hydrogen-bond donors (Lipinski definition) is 1. The van der Waals surface area contributed by atoms with Crippen LogP contribution in [0.2, 0.25) is 0 Å². The molecule has 110 valence electrons. The van der Waals surface area contributed by atoms with E-state index in [0.29, 0.717) is 6.04 Å². The van der Waals surface area contributed by atoms with E-state index < -0.39 is 0 Å². The van der Waals surface area contributed by atoms with Gasteiger partial charge in [-0.1, -0.05) is 19.1 Å². The van der Waals surface area contributed by atoms with E-state index in [1.165, 1.54) is 49.2 Å². The molecule has 0 saturated carbocycles. The van der Waals surface area contributed by atoms with Gasteiger partial charge in [0.05, 0.1) is 0 Å². The SMILES string of the molecule is CCN1CCCC(N)C1c1ccc2c(c1)CCCN2C. The summed E-state index contributed by atoms with van der Waals surface area (Å²) in [6, 6.07) is 7.72. The summed E-state index contributed by atoms with van der Waals surface area (Å²) in [6.45, 7) is 5.70. The number of anilines is 1. The third-order valence-corrected chi connectivity index (χ3v) is 4.98. The maximum absolute atomic E-state index is 6.43. The van der Waals surface area contributed by atoms with Gasteiger partial charge in [0.15, 0.2) is 0 Å². The van der Waals surface area contributed by atoms with Gasteiger partial charge in [-0.15, -0.1) is 0 Å². The zero-order valence-corrected chi connectivity index (χ0v) is 12.8. The molecule has 20 heavy (non-hydrogen) atoms. The smallest absolute Gasteiger partial charge is 0.0499 e. The summed E-state index contributed by atoms with van der Waals surface area (Å²) >= 11 is 0. The van der Waals surface area contributed by atoms with Crippen molar-refractivity contribution in [1.29, 1.82) is 0 Å². The summed E-state index contributed by atoms with van der Waals surface area (Å²) < 4.78 is 0. The molecule has 2 heterocycles. The van der Waals surface area contributed by atoms with Crippen molar-refractivity contribution in [3.05, 3.63) is 29.3 Å². The van der Waals surface area contributed by atoms with E-state index in [1.807, 2.05) is 0 Å². The highest BCUT2D eigenvalue weighted by molar-refractivity contribution is 5.56. The minimum Gasteiger partial charge on any atom is -0.374 e. The molecule has 1 saturated heterocycles. The van der Waals surface area contributed by atoms with E-state index in [2.05, 4.69) is 42.0 Å². The van der Waals surface area contributed by atoms with Gasteiger partial charge in [0.1, 0.15) is 0 Å². The number of benzene rings is 1. The number of piperidine rings is 1. The summed E-state index contributed by atoms with van der Waals surface area (Å²) in [5.41, 5.74) is 10.8. The van der Waals surface area contributed by atoms with Gasteiger partial charge in [-0.25, -0.2) is 0 Å². The van der Waals surface area contributed by atoms with Crippen molar-refractivity contribution in [3.63, 3.8) is 0 Å². The predicted molar refractivity (Wildman–Crippen MR) is 85.2 cm³/mol. The van der Waals surface area contributed by atoms with Crippen LogP contribution in [0.5, 0.6) is 0 Å². The minimum atomic E-state index is 0.281. The number of hydrogen-bond acceptors (Lipinski definition) is 3. The Bertz CT molecular complexity index is 471. The van der Waals surface area contributed by atoms with E-state index in [9.17, 15) is 0 Å². The Hall–Kier alpha value is -1.06. The molecule has 3 nitrogen and oxygen atoms in total. The lowest BCUT2D eigenvalue weighted by molar-refractivity contribution is 0.136. The molecular formula is C17H27N3. The molecule has 1 fully saturated rings. The Morgan fingerprint density at radius 2 is 2.10 bits per heavy atom. The van der Waals surface area contributed by atoms with Gasteiger partial charge in [-0.3, -0.25) is 4.90 Å². The zero-order chi connectivity index (χ0) is 14.1. The van der Waals surface area contributed by atoms with Crippen molar-refractivity contribution >= 4 is 5.69 Å². The molecule has 2 unspecified atom stereocenters. The average Bonchev–Trinajstić information content (AvgIpc) is 2.47. The van der Waals surface area contributed by atoms with E-state index in [-0.39, 0.29) is 6.04 Å². The Balaban J connectivity index is 1.92. The number of aryl methyl sites for hydroxylation is 1. The van der Waals surface area contributed by atoms with Crippen LogP contribution in [0.4, 0.5) is 5.69 Å². The minimum absolute atomic E-state index is 0.281. The van der Waals surface area contributed by atoms with Crippen LogP contribution in [0.1, 0.15) is 43.4 Å². The molecule has 3 heteroatoms. The number of likely N-dealkylation sites (tertiary alicyclic amines) is 1. The normalized spacial score (nSPS) is 27.4. The van der Waals surface area contributed by atoms with Gasteiger partial charge in [0.25, 0.3) is 0 Å². The second kappa shape index (κ2) is 5.74. The molecule has 0 spiro atoms. The fourth-order valence-electron chi connectivity index (χ4n) is 3.90. The summed E-state index contributed by atoms with van der Waals surface area (Å²) in [4.78, 5) is 4.92. The number of fused-ring (bicyclic) bond motifs is 1. The second-order valence-corrected chi connectivity index (χ2v) is 6.29. The summed E-state index contributed by atoms with van der Waals surface area (Å²) in [5.74, 6) is 0. The van der Waals surface area contributed by atoms with E-state index in [1.54, 1.807) is 0 Å². The van der Waals surface area contributed by atoms with Gasteiger partial charge in [-0.05, 0) is 56.0 Å². The van der Waals surface area contributed by atoms with Crippen molar-refractivity contribution < 1.29 is 0 Å². The van der Waals surface area contributed by atoms with Crippen molar-refractivity contribution in [1.82, 2.24) is 4.90 Å². The van der Waals surface area contributed by atoms with Crippen LogP contribution in [0, 0.1) is 0 Å². The third kappa shape index (κ3) is 2.45. The van der Waals surface area contributed by atoms with Crippen LogP contribution < -0.4 is 10.6 Å². The fraction of sp³-hybridized carbons (Fsp3) is 0.647. The standard InChI is InChI=1S/C17H27N3/c1-3-20-11-5-7-15(18)17(20)14-8-9-16-13(12-14)6-4-10-19(16)2/h8-9,12,15,17H,3-7,10-11,18H2,1-2H3. The van der Waals surface area contributed by atoms with Crippen molar-refractivity contribution in [3.8, 4) is 0 Å². The van der Waals surface area contributed by atoms with Gasteiger partial charge >= 0.3 is 0 Å². The van der Waals surface area contributed by atoms with Crippen molar-refractivity contribution in [2.75, 3.05) is 31.6 Å². The van der Waals surface area contributed by atoms with E-state index in [4.69, 9.17) is 5.73 Å². The molecule has 1 aromatic carbocycles. The Kier molecular flexibility index (Phi) is 3.99. The molecule has 1 aromatic rings. The molecule has 0 bridgehead atoms. The van der Waals surface area contributed by atoms with E-state index in [0.717, 1.165) is 13.0 Å². The number of nitrogens with zero attached hydrogens (tertiary/aromatic N) is 2. The molecule has 2 aliphatic rings. The van der Waals surface area contributed by atoms with Crippen LogP contribution in [0.25, 0.3) is 0 Å². The van der Waals surface area contributed by atoms with Crippen LogP contribution in [0.3, 0.4) is 0 Å². The molecule has 3 rings (SSSR count). The highest BCUT2D eigenvalue weighted by Gasteiger charge is 2.30. The lowest BCUT2D eigenvalue weighted by Gasteiger charge is -2.40. The first kappa shape index (κ1) is 13.9. The summed E-state index contributed by atoms with van der Waals surface area (Å²) in [5, 5.41) is 0. The lowest BCUT2D eigenvalue weighted by Crippen LogP contribution is -2.45. The summed E-state index contributed by atoms with van der Waals surface area (Å²) in [7, 11) is 2.20. The van der Waals surface area contributed by atoms with Crippen LogP contribution >= 0.6 is 0 Å². The lowest BCUT2D eigenvalue weighted by atomic mass is 9.88. The monoisotopic (exact) mass is 273 g/mol. The number of rotatable bonds is 2. The first-order valence-electron chi connectivity index (χ1n) is 8.04. The molecule has 0 aliphatic carbocycles. The van der Waals surface area contributed by atoms with Gasteiger partial charge in [-0.2, -0.15) is 0 Å². The van der Waals surface area contributed by atoms with Crippen LogP contribution in [-0.4, -0.2) is 37.6 Å². The fourth-order valence-corrected chi connectivity index (χ4v) is 3.90. The average molecular weight is 273 g/mol. The Morgan fingerprint density at radius 3 is 2.90 bits per heavy atom. The highest BCUT2D eigenvalue weighted by Crippen LogP contribution is 2.34. The molecule has 2 N–H and O–H groups in total. The zero-order valence-electron chi connectivity index (χ0n) is 12.8. The Morgan fingerprint density at radius 1 is 1.25 bits per heavy atom. The quantitative estimate of drug-likeness (QED) is 0.899. The van der Waals surface area contributed by atoms with Gasteiger partial charge < -0.3 is 10.6 Å². The summed E-state index contributed by atoms with van der Waals surface area (Å²) in [6.07, 6.45) is 4.86. The molecule has 2 aliphatic heterocycles. The van der Waals surface area contributed by atoms with Crippen molar-refractivity contribution in [2.24, 2.45) is 5.73 Å². The molecule has 0 amide bonds. The molecular weight excluding hydrogens is 246 g/mol. The van der Waals surface area contributed by atoms with Crippen molar-refractivity contribution in [2.45, 2.75) is 44.7 Å². The topological polar surface area (TPSA) is 32.5 Å². The highest BCUT2D eigenvalue weighted by atomic mass is 15.2. The first-order valence-corrected chi connectivity index (χ1v) is 8.04. The number of likely N-dealkylation sites (N-methyl/N-ethyl adjacent to an activating group) is 1. The third-order valence-electron chi connectivity index (χ3n) is 4.98. The maximum atomic E-state index is 6.43. The van der Waals surface area contributed by atoms with E-state index >= 15 is 0 Å². The van der Waals surface area contributed by atoms with Gasteiger partial charge in [0, 0.05) is 31.4 Å². The molecule has 0 radical (unpaired) electrons. The predicted octanol–water partition coefficient (Wildman–Crippen LogP) is 2.55. The Labute approximate surface area is 122 Å². The van der Waals surface area contributed by atoms with Gasteiger partial charge in [0.2, 0.25) is 0 Å². The largest absolute Gasteiger partial charge is 0.374 e. The van der Waals surface area contributed by atoms with Crippen LogP contribution in [-0.2, 0) is 6.42 Å². The molecule has 0 aromatic heterocycles.